The first-order valence-electron chi connectivity index (χ1n) is 7.61. The Kier molecular flexibility index (Phi) is 7.60. The van der Waals surface area contributed by atoms with E-state index in [1.54, 1.807) is 4.90 Å². The second-order valence-electron chi connectivity index (χ2n) is 5.86. The molecule has 1 N–H and O–H groups in total. The molecule has 5 nitrogen and oxygen atoms in total. The van der Waals surface area contributed by atoms with Gasteiger partial charge in [0.05, 0.1) is 6.54 Å². The van der Waals surface area contributed by atoms with Gasteiger partial charge in [-0.25, -0.2) is 0 Å². The zero-order valence-electron chi connectivity index (χ0n) is 14.1. The molecule has 0 saturated heterocycles. The molecule has 0 aromatic heterocycles. The Morgan fingerprint density at radius 2 is 1.91 bits per heavy atom. The topological polar surface area (TPSA) is 52.7 Å². The van der Waals surface area contributed by atoms with Crippen LogP contribution in [0.2, 0.25) is 0 Å². The summed E-state index contributed by atoms with van der Waals surface area (Å²) in [7, 11) is 3.99. The third-order valence-electron chi connectivity index (χ3n) is 3.39. The molecule has 0 aliphatic rings. The highest BCUT2D eigenvalue weighted by atomic mass is 16.2. The van der Waals surface area contributed by atoms with Crippen LogP contribution in [-0.2, 0) is 16.1 Å². The lowest BCUT2D eigenvalue weighted by Gasteiger charge is -2.21. The zero-order chi connectivity index (χ0) is 16.5. The Balaban J connectivity index is 2.41. The molecule has 1 rings (SSSR count). The summed E-state index contributed by atoms with van der Waals surface area (Å²) in [5.74, 6) is -0.189. The van der Waals surface area contributed by atoms with E-state index in [1.807, 2.05) is 45.3 Å². The van der Waals surface area contributed by atoms with Gasteiger partial charge in [-0.15, -0.1) is 0 Å². The molecule has 0 radical (unpaired) electrons. The molecule has 0 heterocycles. The quantitative estimate of drug-likeness (QED) is 0.790. The number of amides is 2. The Labute approximate surface area is 133 Å². The molecule has 0 bridgehead atoms. The first-order chi connectivity index (χ1) is 10.4. The number of nitrogens with zero attached hydrogens (tertiary/aromatic N) is 2. The fraction of sp³-hybridized carbons (Fsp3) is 0.529. The molecule has 0 aliphatic heterocycles. The van der Waals surface area contributed by atoms with Crippen LogP contribution < -0.4 is 5.32 Å². The lowest BCUT2D eigenvalue weighted by molar-refractivity contribution is -0.134. The average Bonchev–Trinajstić information content (AvgIpc) is 2.43. The van der Waals surface area contributed by atoms with E-state index in [4.69, 9.17) is 0 Å². The maximum Gasteiger partial charge on any atom is 0.239 e. The van der Waals surface area contributed by atoms with Gasteiger partial charge in [-0.05, 0) is 39.5 Å². The number of benzene rings is 1. The van der Waals surface area contributed by atoms with Crippen molar-refractivity contribution in [1.82, 2.24) is 15.1 Å². The summed E-state index contributed by atoms with van der Waals surface area (Å²) in [6, 6.07) is 8.01. The number of hydrogen-bond acceptors (Lipinski definition) is 3. The third kappa shape index (κ3) is 7.22. The van der Waals surface area contributed by atoms with E-state index >= 15 is 0 Å². The van der Waals surface area contributed by atoms with Crippen molar-refractivity contribution in [1.29, 1.82) is 0 Å². The van der Waals surface area contributed by atoms with E-state index in [0.717, 1.165) is 18.5 Å². The number of hydrogen-bond donors (Lipinski definition) is 1. The van der Waals surface area contributed by atoms with Crippen molar-refractivity contribution in [2.24, 2.45) is 0 Å². The first-order valence-corrected chi connectivity index (χ1v) is 7.61. The lowest BCUT2D eigenvalue weighted by atomic mass is 10.1. The minimum absolute atomic E-state index is 0.0653. The number of rotatable bonds is 8. The molecular weight excluding hydrogens is 278 g/mol. The van der Waals surface area contributed by atoms with Crippen LogP contribution in [0, 0.1) is 6.92 Å². The maximum atomic E-state index is 12.0. The number of aryl methyl sites for hydroxylation is 1. The van der Waals surface area contributed by atoms with Gasteiger partial charge >= 0.3 is 0 Å². The Hall–Kier alpha value is -1.88. The number of carbonyl (C=O) groups is 2. The number of carbonyl (C=O) groups excluding carboxylic acids is 2. The second-order valence-corrected chi connectivity index (χ2v) is 5.86. The van der Waals surface area contributed by atoms with E-state index in [9.17, 15) is 9.59 Å². The highest BCUT2D eigenvalue weighted by Crippen LogP contribution is 2.03. The van der Waals surface area contributed by atoms with Gasteiger partial charge < -0.3 is 15.1 Å². The molecule has 1 aromatic carbocycles. The molecule has 0 aliphatic carbocycles. The summed E-state index contributed by atoms with van der Waals surface area (Å²) >= 11 is 0. The molecular formula is C17H27N3O2. The molecule has 0 fully saturated rings. The largest absolute Gasteiger partial charge is 0.350 e. The highest BCUT2D eigenvalue weighted by Gasteiger charge is 2.13. The summed E-state index contributed by atoms with van der Waals surface area (Å²) in [6.45, 7) is 5.63. The average molecular weight is 305 g/mol. The van der Waals surface area contributed by atoms with Crippen molar-refractivity contribution in [3.8, 4) is 0 Å². The first kappa shape index (κ1) is 18.2. The van der Waals surface area contributed by atoms with E-state index in [1.165, 1.54) is 12.5 Å². The molecule has 0 spiro atoms. The van der Waals surface area contributed by atoms with Crippen molar-refractivity contribution in [3.05, 3.63) is 35.4 Å². The van der Waals surface area contributed by atoms with Crippen molar-refractivity contribution in [2.45, 2.75) is 26.8 Å². The van der Waals surface area contributed by atoms with Crippen LogP contribution in [0.4, 0.5) is 0 Å². The molecule has 5 heteroatoms. The fourth-order valence-electron chi connectivity index (χ4n) is 2.18. The van der Waals surface area contributed by atoms with Gasteiger partial charge in [0.15, 0.2) is 0 Å². The Morgan fingerprint density at radius 1 is 1.18 bits per heavy atom. The smallest absolute Gasteiger partial charge is 0.239 e. The SMILES string of the molecule is CC(=O)N(CCCN(C)C)CC(=O)NCc1cccc(C)c1. The van der Waals surface area contributed by atoms with Crippen LogP contribution in [0.1, 0.15) is 24.5 Å². The summed E-state index contributed by atoms with van der Waals surface area (Å²) in [4.78, 5) is 27.3. The van der Waals surface area contributed by atoms with Crippen molar-refractivity contribution >= 4 is 11.8 Å². The molecule has 22 heavy (non-hydrogen) atoms. The minimum atomic E-state index is -0.124. The second kappa shape index (κ2) is 9.20. The summed E-state index contributed by atoms with van der Waals surface area (Å²) in [5.41, 5.74) is 2.23. The molecule has 2 amide bonds. The van der Waals surface area contributed by atoms with E-state index in [-0.39, 0.29) is 18.4 Å². The van der Waals surface area contributed by atoms with E-state index in [2.05, 4.69) is 10.2 Å². The van der Waals surface area contributed by atoms with Gasteiger partial charge in [0, 0.05) is 20.0 Å². The Morgan fingerprint density at radius 3 is 2.50 bits per heavy atom. The Bertz CT molecular complexity index is 500. The summed E-state index contributed by atoms with van der Waals surface area (Å²) < 4.78 is 0. The van der Waals surface area contributed by atoms with Crippen LogP contribution in [0.5, 0.6) is 0 Å². The molecule has 1 aromatic rings. The molecule has 122 valence electrons. The van der Waals surface area contributed by atoms with Crippen molar-refractivity contribution < 1.29 is 9.59 Å². The van der Waals surface area contributed by atoms with Crippen LogP contribution in [0.25, 0.3) is 0 Å². The predicted octanol–water partition coefficient (Wildman–Crippen LogP) is 1.41. The van der Waals surface area contributed by atoms with Crippen LogP contribution in [-0.4, -0.2) is 55.3 Å². The standard InChI is InChI=1S/C17H27N3O2/c1-14-7-5-8-16(11-14)12-18-17(22)13-20(15(2)21)10-6-9-19(3)4/h5,7-8,11H,6,9-10,12-13H2,1-4H3,(H,18,22). The van der Waals surface area contributed by atoms with Gasteiger partial charge in [-0.1, -0.05) is 29.8 Å². The summed E-state index contributed by atoms with van der Waals surface area (Å²) in [5, 5.41) is 2.87. The third-order valence-corrected chi connectivity index (χ3v) is 3.39. The van der Waals surface area contributed by atoms with Crippen molar-refractivity contribution in [3.63, 3.8) is 0 Å². The fourth-order valence-corrected chi connectivity index (χ4v) is 2.18. The monoisotopic (exact) mass is 305 g/mol. The van der Waals surface area contributed by atoms with Crippen LogP contribution in [0.15, 0.2) is 24.3 Å². The van der Waals surface area contributed by atoms with E-state index in [0.29, 0.717) is 13.1 Å². The predicted molar refractivity (Wildman–Crippen MR) is 88.5 cm³/mol. The molecule has 0 atom stereocenters. The van der Waals surface area contributed by atoms with Gasteiger partial charge in [0.2, 0.25) is 11.8 Å². The van der Waals surface area contributed by atoms with Crippen molar-refractivity contribution in [2.75, 3.05) is 33.7 Å². The zero-order valence-corrected chi connectivity index (χ0v) is 14.1. The normalized spacial score (nSPS) is 10.6. The lowest BCUT2D eigenvalue weighted by Crippen LogP contribution is -2.40. The summed E-state index contributed by atoms with van der Waals surface area (Å²) in [6.07, 6.45) is 0.859. The van der Waals surface area contributed by atoms with E-state index < -0.39 is 0 Å². The minimum Gasteiger partial charge on any atom is -0.350 e. The van der Waals surface area contributed by atoms with Gasteiger partial charge in [0.25, 0.3) is 0 Å². The maximum absolute atomic E-state index is 12.0. The number of nitrogens with one attached hydrogen (secondary N) is 1. The van der Waals surface area contributed by atoms with Crippen LogP contribution >= 0.6 is 0 Å². The van der Waals surface area contributed by atoms with Crippen LogP contribution in [0.3, 0.4) is 0 Å². The van der Waals surface area contributed by atoms with Gasteiger partial charge in [-0.3, -0.25) is 9.59 Å². The van der Waals surface area contributed by atoms with Gasteiger partial charge in [-0.2, -0.15) is 0 Å². The highest BCUT2D eigenvalue weighted by molar-refractivity contribution is 5.83. The molecule has 0 saturated carbocycles. The molecule has 0 unspecified atom stereocenters. The van der Waals surface area contributed by atoms with Gasteiger partial charge in [0.1, 0.15) is 0 Å².